The van der Waals surface area contributed by atoms with Crippen LogP contribution in [0.25, 0.3) is 5.65 Å². The lowest BCUT2D eigenvalue weighted by Gasteiger charge is -2.56. The van der Waals surface area contributed by atoms with E-state index in [2.05, 4.69) is 29.0 Å². The Bertz CT molecular complexity index is 1080. The van der Waals surface area contributed by atoms with Crippen LogP contribution in [-0.2, 0) is 11.2 Å². The molecule has 4 saturated carbocycles. The van der Waals surface area contributed by atoms with Gasteiger partial charge in [0, 0.05) is 45.0 Å². The van der Waals surface area contributed by atoms with Gasteiger partial charge in [-0.3, -0.25) is 18.9 Å². The van der Waals surface area contributed by atoms with E-state index in [1.54, 1.807) is 0 Å². The molecule has 5 aliphatic rings. The largest absolute Gasteiger partial charge is 0.350 e. The molecule has 4 aliphatic carbocycles. The zero-order valence-electron chi connectivity index (χ0n) is 21.2. The number of piperazine rings is 1. The molecule has 7 heteroatoms. The van der Waals surface area contributed by atoms with Crippen molar-refractivity contribution >= 4 is 17.5 Å². The summed E-state index contributed by atoms with van der Waals surface area (Å²) in [6.07, 6.45) is 10.2. The van der Waals surface area contributed by atoms with Crippen LogP contribution in [0.4, 0.5) is 0 Å². The molecule has 1 saturated heterocycles. The number of nitrogens with zero attached hydrogens (tertiary/aromatic N) is 4. The van der Waals surface area contributed by atoms with Gasteiger partial charge < -0.3 is 10.2 Å². The maximum absolute atomic E-state index is 13.3. The minimum absolute atomic E-state index is 0.0357. The van der Waals surface area contributed by atoms with E-state index >= 15 is 0 Å². The summed E-state index contributed by atoms with van der Waals surface area (Å²) >= 11 is 0. The molecule has 35 heavy (non-hydrogen) atoms. The molecule has 5 fully saturated rings. The molecule has 7 nitrogen and oxygen atoms in total. The molecule has 188 valence electrons. The van der Waals surface area contributed by atoms with E-state index in [4.69, 9.17) is 0 Å². The van der Waals surface area contributed by atoms with Crippen molar-refractivity contribution < 1.29 is 9.59 Å². The first-order valence-electron chi connectivity index (χ1n) is 13.6. The van der Waals surface area contributed by atoms with E-state index in [0.29, 0.717) is 17.2 Å². The smallest absolute Gasteiger partial charge is 0.268 e. The van der Waals surface area contributed by atoms with Crippen LogP contribution >= 0.6 is 0 Å². The van der Waals surface area contributed by atoms with Crippen LogP contribution in [0.15, 0.2) is 24.4 Å². The van der Waals surface area contributed by atoms with Gasteiger partial charge in [0.2, 0.25) is 5.91 Å². The van der Waals surface area contributed by atoms with Gasteiger partial charge in [-0.1, -0.05) is 6.07 Å². The van der Waals surface area contributed by atoms with Crippen LogP contribution in [0, 0.1) is 23.2 Å². The number of amides is 2. The van der Waals surface area contributed by atoms with Crippen molar-refractivity contribution in [1.82, 2.24) is 24.5 Å². The van der Waals surface area contributed by atoms with Crippen LogP contribution < -0.4 is 5.32 Å². The number of nitrogens with one attached hydrogen (secondary N) is 1. The second-order valence-electron chi connectivity index (χ2n) is 12.2. The molecule has 2 amide bonds. The number of aromatic nitrogens is 2. The molecule has 0 spiro atoms. The maximum Gasteiger partial charge on any atom is 0.268 e. The zero-order valence-corrected chi connectivity index (χ0v) is 21.2. The van der Waals surface area contributed by atoms with Crippen molar-refractivity contribution in [2.75, 3.05) is 32.7 Å². The van der Waals surface area contributed by atoms with Gasteiger partial charge in [0.05, 0.1) is 12.1 Å². The Morgan fingerprint density at radius 1 is 1.03 bits per heavy atom. The molecule has 2 aromatic heterocycles. The van der Waals surface area contributed by atoms with Crippen LogP contribution in [0.5, 0.6) is 0 Å². The van der Waals surface area contributed by atoms with E-state index in [9.17, 15) is 9.59 Å². The van der Waals surface area contributed by atoms with Crippen LogP contribution in [0.1, 0.15) is 68.6 Å². The van der Waals surface area contributed by atoms with Gasteiger partial charge in [0.1, 0.15) is 11.3 Å². The van der Waals surface area contributed by atoms with Gasteiger partial charge in [0.15, 0.2) is 0 Å². The minimum Gasteiger partial charge on any atom is -0.350 e. The van der Waals surface area contributed by atoms with Gasteiger partial charge in [-0.2, -0.15) is 0 Å². The number of imidazole rings is 1. The fourth-order valence-electron chi connectivity index (χ4n) is 7.95. The summed E-state index contributed by atoms with van der Waals surface area (Å²) in [7, 11) is 0. The SMILES string of the molecule is CC(C)N1CCN(C(=O)Cc2cn3c(C(=O)NCC45CC6CC(CC(C6)C4)C5)cccc3n2)CC1. The van der Waals surface area contributed by atoms with Gasteiger partial charge in [-0.15, -0.1) is 0 Å². The van der Waals surface area contributed by atoms with Crippen molar-refractivity contribution in [3.63, 3.8) is 0 Å². The monoisotopic (exact) mass is 477 g/mol. The van der Waals surface area contributed by atoms with E-state index in [0.717, 1.165) is 61.8 Å². The number of carbonyl (C=O) groups is 2. The molecule has 4 bridgehead atoms. The van der Waals surface area contributed by atoms with Gasteiger partial charge in [-0.25, -0.2) is 4.98 Å². The average Bonchev–Trinajstić information content (AvgIpc) is 3.24. The Hall–Kier alpha value is -2.41. The predicted molar refractivity (Wildman–Crippen MR) is 135 cm³/mol. The summed E-state index contributed by atoms with van der Waals surface area (Å²) in [6.45, 7) is 8.56. The van der Waals surface area contributed by atoms with Crippen molar-refractivity contribution in [3.05, 3.63) is 35.8 Å². The number of rotatable bonds is 6. The Morgan fingerprint density at radius 2 is 1.69 bits per heavy atom. The van der Waals surface area contributed by atoms with Crippen LogP contribution in [0.2, 0.25) is 0 Å². The molecule has 2 aromatic rings. The molecule has 0 radical (unpaired) electrons. The van der Waals surface area contributed by atoms with Crippen LogP contribution in [-0.4, -0.2) is 69.8 Å². The first-order chi connectivity index (χ1) is 16.9. The number of hydrogen-bond donors (Lipinski definition) is 1. The third-order valence-corrected chi connectivity index (χ3v) is 9.29. The average molecular weight is 478 g/mol. The first kappa shape index (κ1) is 23.0. The lowest BCUT2D eigenvalue weighted by molar-refractivity contribution is -0.132. The van der Waals surface area contributed by atoms with Gasteiger partial charge >= 0.3 is 0 Å². The second kappa shape index (κ2) is 8.91. The Balaban J connectivity index is 1.11. The Kier molecular flexibility index (Phi) is 5.86. The van der Waals surface area contributed by atoms with Crippen molar-refractivity contribution in [2.45, 2.75) is 64.8 Å². The maximum atomic E-state index is 13.3. The van der Waals surface area contributed by atoms with Gasteiger partial charge in [0.25, 0.3) is 5.91 Å². The molecule has 0 atom stereocenters. The lowest BCUT2D eigenvalue weighted by Crippen LogP contribution is -2.51. The minimum atomic E-state index is -0.0357. The summed E-state index contributed by atoms with van der Waals surface area (Å²) in [6, 6.07) is 6.17. The summed E-state index contributed by atoms with van der Waals surface area (Å²) in [4.78, 5) is 35.2. The second-order valence-corrected chi connectivity index (χ2v) is 12.2. The predicted octanol–water partition coefficient (Wildman–Crippen LogP) is 3.38. The molecule has 3 heterocycles. The fourth-order valence-corrected chi connectivity index (χ4v) is 7.95. The topological polar surface area (TPSA) is 70.0 Å². The number of hydrogen-bond acceptors (Lipinski definition) is 4. The van der Waals surface area contributed by atoms with Crippen molar-refractivity contribution in [1.29, 1.82) is 0 Å². The molecule has 0 aromatic carbocycles. The molecular formula is C28H39N5O2. The van der Waals surface area contributed by atoms with Gasteiger partial charge in [-0.05, 0) is 87.7 Å². The van der Waals surface area contributed by atoms with Crippen molar-refractivity contribution in [3.8, 4) is 0 Å². The zero-order chi connectivity index (χ0) is 24.2. The van der Waals surface area contributed by atoms with E-state index in [1.165, 1.54) is 38.5 Å². The molecular weight excluding hydrogens is 438 g/mol. The first-order valence-corrected chi connectivity index (χ1v) is 13.6. The molecule has 7 rings (SSSR count). The molecule has 0 unspecified atom stereocenters. The third-order valence-electron chi connectivity index (χ3n) is 9.29. The standard InChI is InChI=1S/C28H39N5O2/c1-19(2)31-6-8-32(9-7-31)26(34)13-23-17-33-24(4-3-5-25(33)30-23)27(35)29-18-28-14-20-10-21(15-28)12-22(11-20)16-28/h3-5,17,19-22H,6-16,18H2,1-2H3,(H,29,35). The number of pyridine rings is 1. The van der Waals surface area contributed by atoms with E-state index < -0.39 is 0 Å². The highest BCUT2D eigenvalue weighted by Gasteiger charge is 2.50. The number of fused-ring (bicyclic) bond motifs is 1. The number of carbonyl (C=O) groups excluding carboxylic acids is 2. The highest BCUT2D eigenvalue weighted by molar-refractivity contribution is 5.93. The van der Waals surface area contributed by atoms with E-state index in [1.807, 2.05) is 33.7 Å². The summed E-state index contributed by atoms with van der Waals surface area (Å²) in [5.41, 5.74) is 2.36. The molecule has 1 aliphatic heterocycles. The summed E-state index contributed by atoms with van der Waals surface area (Å²) in [5, 5.41) is 3.30. The normalized spacial score (nSPS) is 30.4. The molecule has 1 N–H and O–H groups in total. The Morgan fingerprint density at radius 3 is 2.31 bits per heavy atom. The van der Waals surface area contributed by atoms with Crippen LogP contribution in [0.3, 0.4) is 0 Å². The summed E-state index contributed by atoms with van der Waals surface area (Å²) in [5.74, 6) is 2.71. The third kappa shape index (κ3) is 4.48. The quantitative estimate of drug-likeness (QED) is 0.693. The highest BCUT2D eigenvalue weighted by atomic mass is 16.2. The lowest BCUT2D eigenvalue weighted by atomic mass is 9.49. The van der Waals surface area contributed by atoms with E-state index in [-0.39, 0.29) is 18.2 Å². The summed E-state index contributed by atoms with van der Waals surface area (Å²) < 4.78 is 1.86. The fraction of sp³-hybridized carbons (Fsp3) is 0.679. The highest BCUT2D eigenvalue weighted by Crippen LogP contribution is 2.59. The Labute approximate surface area is 208 Å². The van der Waals surface area contributed by atoms with Crippen molar-refractivity contribution in [2.24, 2.45) is 23.2 Å².